The summed E-state index contributed by atoms with van der Waals surface area (Å²) in [5.41, 5.74) is 6.87. The molecule has 1 rings (SSSR count). The Labute approximate surface area is 102 Å². The third kappa shape index (κ3) is 4.13. The van der Waals surface area contributed by atoms with Crippen molar-refractivity contribution in [2.75, 3.05) is 34.2 Å². The largest absolute Gasteiger partial charge is 0.339 e. The SMILES string of the molecule is CN(C)CCN(C)C(=O)c1ccc(CN)cn1. The normalized spacial score (nSPS) is 10.6. The summed E-state index contributed by atoms with van der Waals surface area (Å²) in [5.74, 6) is -0.0598. The fourth-order valence-corrected chi connectivity index (χ4v) is 1.32. The zero-order chi connectivity index (χ0) is 12.8. The summed E-state index contributed by atoms with van der Waals surface area (Å²) in [5, 5.41) is 0. The molecule has 1 aromatic heterocycles. The third-order valence-corrected chi connectivity index (χ3v) is 2.51. The number of carbonyl (C=O) groups excluding carboxylic acids is 1. The molecule has 17 heavy (non-hydrogen) atoms. The minimum atomic E-state index is -0.0598. The predicted molar refractivity (Wildman–Crippen MR) is 67.6 cm³/mol. The highest BCUT2D eigenvalue weighted by Crippen LogP contribution is 2.02. The molecule has 0 aliphatic rings. The van der Waals surface area contributed by atoms with E-state index in [9.17, 15) is 4.79 Å². The molecule has 0 aliphatic heterocycles. The van der Waals surface area contributed by atoms with Crippen molar-refractivity contribution in [3.63, 3.8) is 0 Å². The Kier molecular flexibility index (Phi) is 5.06. The van der Waals surface area contributed by atoms with Crippen LogP contribution in [0.2, 0.25) is 0 Å². The van der Waals surface area contributed by atoms with E-state index in [0.29, 0.717) is 18.8 Å². The number of nitrogens with two attached hydrogens (primary N) is 1. The molecule has 5 nitrogen and oxygen atoms in total. The van der Waals surface area contributed by atoms with Crippen molar-refractivity contribution >= 4 is 5.91 Å². The van der Waals surface area contributed by atoms with Gasteiger partial charge in [0.05, 0.1) is 0 Å². The van der Waals surface area contributed by atoms with Gasteiger partial charge in [0.25, 0.3) is 5.91 Å². The number of rotatable bonds is 5. The molecule has 94 valence electrons. The molecule has 0 atom stereocenters. The molecule has 5 heteroatoms. The van der Waals surface area contributed by atoms with E-state index in [1.807, 2.05) is 25.1 Å². The minimum absolute atomic E-state index is 0.0598. The van der Waals surface area contributed by atoms with Crippen molar-refractivity contribution in [1.29, 1.82) is 0 Å². The smallest absolute Gasteiger partial charge is 0.272 e. The van der Waals surface area contributed by atoms with E-state index in [0.717, 1.165) is 12.1 Å². The van der Waals surface area contributed by atoms with Gasteiger partial charge < -0.3 is 15.5 Å². The Morgan fingerprint density at radius 2 is 2.00 bits per heavy atom. The number of aromatic nitrogens is 1. The molecular weight excluding hydrogens is 216 g/mol. The van der Waals surface area contributed by atoms with Crippen LogP contribution in [0.15, 0.2) is 18.3 Å². The van der Waals surface area contributed by atoms with Crippen LogP contribution in [0.1, 0.15) is 16.1 Å². The highest BCUT2D eigenvalue weighted by molar-refractivity contribution is 5.92. The number of amides is 1. The first-order valence-corrected chi connectivity index (χ1v) is 5.59. The van der Waals surface area contributed by atoms with Crippen molar-refractivity contribution in [2.24, 2.45) is 5.73 Å². The van der Waals surface area contributed by atoms with Gasteiger partial charge in [-0.05, 0) is 25.7 Å². The van der Waals surface area contributed by atoms with Gasteiger partial charge in [-0.3, -0.25) is 9.78 Å². The van der Waals surface area contributed by atoms with Crippen LogP contribution in [0.3, 0.4) is 0 Å². The molecular formula is C12H20N4O. The van der Waals surface area contributed by atoms with Crippen LogP contribution in [0, 0.1) is 0 Å². The molecule has 1 heterocycles. The van der Waals surface area contributed by atoms with Crippen molar-refractivity contribution in [2.45, 2.75) is 6.54 Å². The highest BCUT2D eigenvalue weighted by Gasteiger charge is 2.12. The second-order valence-corrected chi connectivity index (χ2v) is 4.29. The Bertz CT molecular complexity index is 361. The van der Waals surface area contributed by atoms with Gasteiger partial charge in [-0.15, -0.1) is 0 Å². The first-order chi connectivity index (χ1) is 8.04. The highest BCUT2D eigenvalue weighted by atomic mass is 16.2. The summed E-state index contributed by atoms with van der Waals surface area (Å²) in [6, 6.07) is 3.55. The van der Waals surface area contributed by atoms with E-state index in [2.05, 4.69) is 4.98 Å². The summed E-state index contributed by atoms with van der Waals surface area (Å²) in [6.45, 7) is 1.97. The van der Waals surface area contributed by atoms with Crippen molar-refractivity contribution < 1.29 is 4.79 Å². The summed E-state index contributed by atoms with van der Waals surface area (Å²) >= 11 is 0. The van der Waals surface area contributed by atoms with Gasteiger partial charge in [0.15, 0.2) is 0 Å². The molecule has 2 N–H and O–H groups in total. The van der Waals surface area contributed by atoms with Crippen molar-refractivity contribution in [3.8, 4) is 0 Å². The second kappa shape index (κ2) is 6.32. The van der Waals surface area contributed by atoms with E-state index in [-0.39, 0.29) is 5.91 Å². The van der Waals surface area contributed by atoms with Gasteiger partial charge in [0.2, 0.25) is 0 Å². The topological polar surface area (TPSA) is 62.5 Å². The minimum Gasteiger partial charge on any atom is -0.339 e. The van der Waals surface area contributed by atoms with Crippen LogP contribution in [0.4, 0.5) is 0 Å². The molecule has 0 bridgehead atoms. The second-order valence-electron chi connectivity index (χ2n) is 4.29. The monoisotopic (exact) mass is 236 g/mol. The number of pyridine rings is 1. The van der Waals surface area contributed by atoms with E-state index in [4.69, 9.17) is 5.73 Å². The lowest BCUT2D eigenvalue weighted by Gasteiger charge is -2.19. The van der Waals surface area contributed by atoms with Crippen LogP contribution >= 0.6 is 0 Å². The standard InChI is InChI=1S/C12H20N4O/c1-15(2)6-7-16(3)12(17)11-5-4-10(8-13)9-14-11/h4-5,9H,6-8,13H2,1-3H3. The predicted octanol–water partition coefficient (Wildman–Crippen LogP) is 0.174. The van der Waals surface area contributed by atoms with E-state index >= 15 is 0 Å². The van der Waals surface area contributed by atoms with Gasteiger partial charge in [-0.25, -0.2) is 0 Å². The number of likely N-dealkylation sites (N-methyl/N-ethyl adjacent to an activating group) is 2. The van der Waals surface area contributed by atoms with Crippen LogP contribution in [-0.2, 0) is 6.54 Å². The third-order valence-electron chi connectivity index (χ3n) is 2.51. The van der Waals surface area contributed by atoms with Crippen molar-refractivity contribution in [3.05, 3.63) is 29.6 Å². The first-order valence-electron chi connectivity index (χ1n) is 5.59. The van der Waals surface area contributed by atoms with Gasteiger partial charge in [-0.2, -0.15) is 0 Å². The summed E-state index contributed by atoms with van der Waals surface area (Å²) in [6.07, 6.45) is 1.65. The average molecular weight is 236 g/mol. The van der Waals surface area contributed by atoms with E-state index in [1.54, 1.807) is 24.2 Å². The number of nitrogens with zero attached hydrogens (tertiary/aromatic N) is 3. The van der Waals surface area contributed by atoms with Crippen LogP contribution in [-0.4, -0.2) is 54.9 Å². The zero-order valence-corrected chi connectivity index (χ0v) is 10.7. The maximum Gasteiger partial charge on any atom is 0.272 e. The quantitative estimate of drug-likeness (QED) is 0.792. The summed E-state index contributed by atoms with van der Waals surface area (Å²) < 4.78 is 0. The van der Waals surface area contributed by atoms with Gasteiger partial charge in [0.1, 0.15) is 5.69 Å². The van der Waals surface area contributed by atoms with E-state index < -0.39 is 0 Å². The Hall–Kier alpha value is -1.46. The molecule has 1 amide bonds. The molecule has 0 aliphatic carbocycles. The summed E-state index contributed by atoms with van der Waals surface area (Å²) in [4.78, 5) is 19.8. The molecule has 0 fully saturated rings. The fourth-order valence-electron chi connectivity index (χ4n) is 1.32. The summed E-state index contributed by atoms with van der Waals surface area (Å²) in [7, 11) is 5.74. The number of carbonyl (C=O) groups is 1. The van der Waals surface area contributed by atoms with E-state index in [1.165, 1.54) is 0 Å². The molecule has 0 spiro atoms. The maximum absolute atomic E-state index is 12.0. The lowest BCUT2D eigenvalue weighted by molar-refractivity contribution is 0.0780. The van der Waals surface area contributed by atoms with Gasteiger partial charge in [0, 0.05) is 32.9 Å². The molecule has 0 saturated carbocycles. The molecule has 0 unspecified atom stereocenters. The van der Waals surface area contributed by atoms with Crippen LogP contribution in [0.25, 0.3) is 0 Å². The lowest BCUT2D eigenvalue weighted by atomic mass is 10.2. The molecule has 0 radical (unpaired) electrons. The number of hydrogen-bond donors (Lipinski definition) is 1. The maximum atomic E-state index is 12.0. The Morgan fingerprint density at radius 3 is 2.47 bits per heavy atom. The van der Waals surface area contributed by atoms with Crippen LogP contribution in [0.5, 0.6) is 0 Å². The van der Waals surface area contributed by atoms with Gasteiger partial charge >= 0.3 is 0 Å². The number of hydrogen-bond acceptors (Lipinski definition) is 4. The average Bonchev–Trinajstić information content (AvgIpc) is 2.35. The Balaban J connectivity index is 2.61. The van der Waals surface area contributed by atoms with Gasteiger partial charge in [-0.1, -0.05) is 6.07 Å². The van der Waals surface area contributed by atoms with Crippen LogP contribution < -0.4 is 5.73 Å². The molecule has 0 saturated heterocycles. The molecule has 0 aromatic carbocycles. The lowest BCUT2D eigenvalue weighted by Crippen LogP contribution is -2.33. The first kappa shape index (κ1) is 13.6. The zero-order valence-electron chi connectivity index (χ0n) is 10.7. The fraction of sp³-hybridized carbons (Fsp3) is 0.500. The Morgan fingerprint density at radius 1 is 1.29 bits per heavy atom. The van der Waals surface area contributed by atoms with Crippen molar-refractivity contribution in [1.82, 2.24) is 14.8 Å². The molecule has 1 aromatic rings.